The zero-order chi connectivity index (χ0) is 22.5. The summed E-state index contributed by atoms with van der Waals surface area (Å²) >= 11 is 0. The van der Waals surface area contributed by atoms with Crippen LogP contribution in [-0.2, 0) is 0 Å². The molecule has 0 amide bonds. The van der Waals surface area contributed by atoms with Crippen molar-refractivity contribution in [1.29, 1.82) is 5.26 Å². The number of hydrogen-bond acceptors (Lipinski definition) is 5. The molecule has 0 aromatic carbocycles. The molecule has 4 bridgehead atoms. The number of pyridine rings is 1. The highest BCUT2D eigenvalue weighted by Gasteiger charge is 2.49. The van der Waals surface area contributed by atoms with Gasteiger partial charge in [-0.1, -0.05) is 6.07 Å². The maximum atomic E-state index is 9.58. The van der Waals surface area contributed by atoms with Crippen LogP contribution in [0, 0.1) is 42.1 Å². The Hall–Kier alpha value is -2.13. The average Bonchev–Trinajstić information content (AvgIpc) is 2.75. The molecule has 1 saturated heterocycles. The van der Waals surface area contributed by atoms with Gasteiger partial charge in [-0.25, -0.2) is 4.98 Å². The molecular formula is C26H38N6. The predicted molar refractivity (Wildman–Crippen MR) is 128 cm³/mol. The van der Waals surface area contributed by atoms with Crippen molar-refractivity contribution in [2.24, 2.45) is 28.7 Å². The zero-order valence-corrected chi connectivity index (χ0v) is 20.1. The fraction of sp³-hybridized carbons (Fsp3) is 0.731. The summed E-state index contributed by atoms with van der Waals surface area (Å²) in [5.74, 6) is 5.24. The summed E-state index contributed by atoms with van der Waals surface area (Å²) in [5.41, 5.74) is 0.881. The van der Waals surface area contributed by atoms with Crippen molar-refractivity contribution in [3.05, 3.63) is 23.9 Å². The highest BCUT2D eigenvalue weighted by Crippen LogP contribution is 2.54. The van der Waals surface area contributed by atoms with Crippen LogP contribution < -0.4 is 10.2 Å². The van der Waals surface area contributed by atoms with Gasteiger partial charge in [-0.15, -0.1) is 0 Å². The molecule has 4 saturated carbocycles. The van der Waals surface area contributed by atoms with Crippen LogP contribution >= 0.6 is 0 Å². The predicted octanol–water partition coefficient (Wildman–Crippen LogP) is 3.97. The minimum Gasteiger partial charge on any atom is -0.354 e. The number of anilines is 1. The van der Waals surface area contributed by atoms with Gasteiger partial charge in [0.15, 0.2) is 6.19 Å². The molecule has 6 rings (SSSR count). The second-order valence-corrected chi connectivity index (χ2v) is 11.4. The topological polar surface area (TPSA) is 67.5 Å². The summed E-state index contributed by atoms with van der Waals surface area (Å²) in [7, 11) is 0. The van der Waals surface area contributed by atoms with E-state index < -0.39 is 0 Å². The van der Waals surface area contributed by atoms with Crippen LogP contribution in [0.2, 0.25) is 0 Å². The number of amidine groups is 1. The van der Waals surface area contributed by atoms with Crippen LogP contribution in [0.25, 0.3) is 0 Å². The first kappa shape index (κ1) is 21.7. The number of aliphatic imine (C=N–C) groups is 1. The van der Waals surface area contributed by atoms with Gasteiger partial charge in [0.2, 0.25) is 0 Å². The second kappa shape index (κ2) is 8.33. The van der Waals surface area contributed by atoms with E-state index in [0.717, 1.165) is 55.0 Å². The average molecular weight is 435 g/mol. The minimum absolute atomic E-state index is 0.309. The summed E-state index contributed by atoms with van der Waals surface area (Å²) in [4.78, 5) is 14.9. The second-order valence-electron chi connectivity index (χ2n) is 11.4. The van der Waals surface area contributed by atoms with Crippen molar-refractivity contribution in [2.45, 2.75) is 77.4 Å². The molecule has 0 spiro atoms. The van der Waals surface area contributed by atoms with E-state index in [9.17, 15) is 5.26 Å². The lowest BCUT2D eigenvalue weighted by Crippen LogP contribution is -2.64. The van der Waals surface area contributed by atoms with Gasteiger partial charge in [0, 0.05) is 31.9 Å². The van der Waals surface area contributed by atoms with E-state index in [0.29, 0.717) is 12.1 Å². The lowest BCUT2D eigenvalue weighted by Gasteiger charge is -2.54. The zero-order valence-electron chi connectivity index (χ0n) is 20.1. The van der Waals surface area contributed by atoms with Gasteiger partial charge in [-0.2, -0.15) is 5.26 Å². The number of nitriles is 1. The summed E-state index contributed by atoms with van der Waals surface area (Å²) in [6.45, 7) is 11.6. The number of rotatable bonds is 4. The van der Waals surface area contributed by atoms with Crippen LogP contribution in [-0.4, -0.2) is 53.0 Å². The molecule has 5 fully saturated rings. The van der Waals surface area contributed by atoms with E-state index in [1.165, 1.54) is 37.7 Å². The number of nitrogens with one attached hydrogen (secondary N) is 1. The molecule has 4 aliphatic carbocycles. The van der Waals surface area contributed by atoms with Gasteiger partial charge >= 0.3 is 0 Å². The Bertz CT molecular complexity index is 870. The van der Waals surface area contributed by atoms with E-state index in [1.807, 2.05) is 6.20 Å². The molecule has 32 heavy (non-hydrogen) atoms. The fourth-order valence-electron chi connectivity index (χ4n) is 7.43. The highest BCUT2D eigenvalue weighted by atomic mass is 15.3. The molecule has 1 aliphatic heterocycles. The Morgan fingerprint density at radius 2 is 1.81 bits per heavy atom. The SMILES string of the molecule is Cc1ccc(N2CCN(C(C)(C)C(=NC3C4CC5CC(C4)CC3C5)NC#N)C(C)C2)nc1. The molecule has 1 unspecified atom stereocenters. The van der Waals surface area contributed by atoms with E-state index in [2.05, 4.69) is 66.1 Å². The fourth-order valence-corrected chi connectivity index (χ4v) is 7.43. The molecule has 2 heterocycles. The normalized spacial score (nSPS) is 35.1. The van der Waals surface area contributed by atoms with Crippen LogP contribution in [0.1, 0.15) is 58.4 Å². The maximum absolute atomic E-state index is 9.58. The van der Waals surface area contributed by atoms with Crippen molar-refractivity contribution in [2.75, 3.05) is 24.5 Å². The third kappa shape index (κ3) is 3.90. The maximum Gasteiger partial charge on any atom is 0.182 e. The Morgan fingerprint density at radius 3 is 2.38 bits per heavy atom. The van der Waals surface area contributed by atoms with Gasteiger partial charge in [0.25, 0.3) is 0 Å². The third-order valence-electron chi connectivity index (χ3n) is 8.77. The number of piperazine rings is 1. The molecule has 6 heteroatoms. The molecule has 1 aromatic heterocycles. The number of aromatic nitrogens is 1. The van der Waals surface area contributed by atoms with Gasteiger partial charge in [-0.3, -0.25) is 15.2 Å². The molecule has 5 aliphatic rings. The molecule has 0 radical (unpaired) electrons. The number of nitrogens with zero attached hydrogens (tertiary/aromatic N) is 5. The molecule has 6 nitrogen and oxygen atoms in total. The number of aryl methyl sites for hydroxylation is 1. The van der Waals surface area contributed by atoms with Gasteiger partial charge < -0.3 is 4.90 Å². The summed E-state index contributed by atoms with van der Waals surface area (Å²) in [6.07, 6.45) is 11.0. The van der Waals surface area contributed by atoms with E-state index in [4.69, 9.17) is 4.99 Å². The smallest absolute Gasteiger partial charge is 0.182 e. The Kier molecular flexibility index (Phi) is 5.65. The third-order valence-corrected chi connectivity index (χ3v) is 8.77. The van der Waals surface area contributed by atoms with Crippen LogP contribution in [0.3, 0.4) is 0 Å². The Morgan fingerprint density at radius 1 is 1.12 bits per heavy atom. The largest absolute Gasteiger partial charge is 0.354 e. The Labute approximate surface area is 193 Å². The lowest BCUT2D eigenvalue weighted by molar-refractivity contribution is 0.000513. The first-order valence-electron chi connectivity index (χ1n) is 12.5. The standard InChI is InChI=1S/C26H38N6/c1-17-5-6-23(28-14-17)31-7-8-32(18(2)15-31)26(3,4)25(29-16-27)30-24-21-10-19-9-20(12-21)13-22(24)11-19/h5-6,14,18-22,24H,7-13,15H2,1-4H3,(H,29,30). The molecule has 172 valence electrons. The van der Waals surface area contributed by atoms with Crippen molar-refractivity contribution >= 4 is 11.7 Å². The van der Waals surface area contributed by atoms with E-state index >= 15 is 0 Å². The molecule has 1 N–H and O–H groups in total. The summed E-state index contributed by atoms with van der Waals surface area (Å²) in [5, 5.41) is 12.6. The summed E-state index contributed by atoms with van der Waals surface area (Å²) < 4.78 is 0. The highest BCUT2D eigenvalue weighted by molar-refractivity contribution is 5.92. The van der Waals surface area contributed by atoms with Crippen molar-refractivity contribution < 1.29 is 0 Å². The monoisotopic (exact) mass is 434 g/mol. The Balaban J connectivity index is 1.34. The van der Waals surface area contributed by atoms with E-state index in [-0.39, 0.29) is 5.54 Å². The van der Waals surface area contributed by atoms with Crippen LogP contribution in [0.5, 0.6) is 0 Å². The van der Waals surface area contributed by atoms with Crippen LogP contribution in [0.15, 0.2) is 23.3 Å². The van der Waals surface area contributed by atoms with Gasteiger partial charge in [-0.05, 0) is 95.1 Å². The summed E-state index contributed by atoms with van der Waals surface area (Å²) in [6, 6.07) is 4.99. The molecule has 1 aromatic rings. The quantitative estimate of drug-likeness (QED) is 0.336. The lowest BCUT2D eigenvalue weighted by atomic mass is 9.54. The van der Waals surface area contributed by atoms with E-state index in [1.54, 1.807) is 0 Å². The van der Waals surface area contributed by atoms with Crippen molar-refractivity contribution in [3.63, 3.8) is 0 Å². The first-order chi connectivity index (χ1) is 15.3. The van der Waals surface area contributed by atoms with Crippen molar-refractivity contribution in [1.82, 2.24) is 15.2 Å². The van der Waals surface area contributed by atoms with Gasteiger partial charge in [0.05, 0.1) is 11.6 Å². The minimum atomic E-state index is -0.309. The molecular weight excluding hydrogens is 396 g/mol. The first-order valence-corrected chi connectivity index (χ1v) is 12.5. The molecule has 1 atom stereocenters. The van der Waals surface area contributed by atoms with Crippen LogP contribution in [0.4, 0.5) is 5.82 Å². The van der Waals surface area contributed by atoms with Gasteiger partial charge in [0.1, 0.15) is 11.7 Å². The van der Waals surface area contributed by atoms with Crippen molar-refractivity contribution in [3.8, 4) is 6.19 Å². The number of hydrogen-bond donors (Lipinski definition) is 1.